The largest absolute Gasteiger partial charge is 0.467 e. The summed E-state index contributed by atoms with van der Waals surface area (Å²) in [6, 6.07) is 7.96. The lowest BCUT2D eigenvalue weighted by molar-refractivity contribution is -0.166. The highest BCUT2D eigenvalue weighted by Gasteiger charge is 2.72. The van der Waals surface area contributed by atoms with Crippen molar-refractivity contribution < 1.29 is 28.7 Å². The summed E-state index contributed by atoms with van der Waals surface area (Å²) in [5, 5.41) is 2.96. The molecule has 3 rings (SSSR count). The first-order chi connectivity index (χ1) is 13.4. The van der Waals surface area contributed by atoms with Crippen molar-refractivity contribution in [1.82, 2.24) is 5.32 Å². The number of imide groups is 1. The van der Waals surface area contributed by atoms with Gasteiger partial charge in [0.25, 0.3) is 0 Å². The molecule has 0 spiro atoms. The monoisotopic (exact) mass is 388 g/mol. The van der Waals surface area contributed by atoms with E-state index in [4.69, 9.17) is 9.47 Å². The molecular formula is C20H24N2O6. The average Bonchev–Trinajstić information content (AvgIpc) is 3.20. The van der Waals surface area contributed by atoms with Crippen LogP contribution in [0, 0.1) is 11.8 Å². The van der Waals surface area contributed by atoms with Crippen LogP contribution in [-0.2, 0) is 28.7 Å². The van der Waals surface area contributed by atoms with Gasteiger partial charge in [-0.2, -0.15) is 0 Å². The highest BCUT2D eigenvalue weighted by atomic mass is 16.5. The molecule has 150 valence electrons. The first-order valence-electron chi connectivity index (χ1n) is 9.31. The third kappa shape index (κ3) is 2.79. The van der Waals surface area contributed by atoms with Gasteiger partial charge >= 0.3 is 11.9 Å². The molecule has 2 aliphatic rings. The molecule has 0 unspecified atom stereocenters. The van der Waals surface area contributed by atoms with Gasteiger partial charge in [0.2, 0.25) is 17.4 Å². The summed E-state index contributed by atoms with van der Waals surface area (Å²) < 4.78 is 9.72. The van der Waals surface area contributed by atoms with Gasteiger partial charge in [-0.1, -0.05) is 38.0 Å². The van der Waals surface area contributed by atoms with Crippen molar-refractivity contribution in [3.63, 3.8) is 0 Å². The van der Waals surface area contributed by atoms with Gasteiger partial charge in [-0.3, -0.25) is 14.9 Å². The standard InChI is InChI=1S/C20H24N2O6/c1-4-5-11-13-14-15(20(21-13,18(25)27-2)19(26)28-3)17(24)22(16(14)23)12-9-7-6-8-10-12/h6-10,13-15,21H,4-5,11H2,1-3H3/t13-,14+,15-/m1/s1. The number of esters is 2. The number of nitrogens with zero attached hydrogens (tertiary/aromatic N) is 1. The van der Waals surface area contributed by atoms with Gasteiger partial charge in [-0.15, -0.1) is 0 Å². The third-order valence-electron chi connectivity index (χ3n) is 5.56. The Labute approximate surface area is 163 Å². The number of para-hydroxylation sites is 1. The number of carbonyl (C=O) groups excluding carboxylic acids is 4. The molecule has 2 amide bonds. The molecule has 0 aliphatic carbocycles. The summed E-state index contributed by atoms with van der Waals surface area (Å²) >= 11 is 0. The van der Waals surface area contributed by atoms with Crippen LogP contribution in [0.5, 0.6) is 0 Å². The molecule has 1 aromatic carbocycles. The molecule has 2 aliphatic heterocycles. The number of methoxy groups -OCH3 is 2. The second-order valence-corrected chi connectivity index (χ2v) is 7.04. The van der Waals surface area contributed by atoms with Gasteiger partial charge in [0.15, 0.2) is 0 Å². The first-order valence-corrected chi connectivity index (χ1v) is 9.31. The van der Waals surface area contributed by atoms with Crippen molar-refractivity contribution in [3.05, 3.63) is 30.3 Å². The van der Waals surface area contributed by atoms with Gasteiger partial charge in [0.05, 0.1) is 31.7 Å². The second-order valence-electron chi connectivity index (χ2n) is 7.04. The van der Waals surface area contributed by atoms with Gasteiger partial charge < -0.3 is 9.47 Å². The zero-order valence-electron chi connectivity index (χ0n) is 16.1. The molecule has 0 saturated carbocycles. The van der Waals surface area contributed by atoms with Crippen LogP contribution in [0.3, 0.4) is 0 Å². The maximum Gasteiger partial charge on any atom is 0.338 e. The maximum absolute atomic E-state index is 13.3. The van der Waals surface area contributed by atoms with Gasteiger partial charge in [-0.05, 0) is 18.6 Å². The molecule has 3 atom stereocenters. The molecule has 8 nitrogen and oxygen atoms in total. The highest BCUT2D eigenvalue weighted by molar-refractivity contribution is 6.27. The van der Waals surface area contributed by atoms with Crippen LogP contribution in [-0.4, -0.2) is 49.6 Å². The zero-order chi connectivity index (χ0) is 20.5. The Bertz CT molecular complexity index is 777. The normalized spacial score (nSPS) is 25.5. The Kier molecular flexibility index (Phi) is 5.51. The van der Waals surface area contributed by atoms with E-state index >= 15 is 0 Å². The minimum Gasteiger partial charge on any atom is -0.467 e. The molecule has 1 N–H and O–H groups in total. The number of anilines is 1. The predicted octanol–water partition coefficient (Wildman–Crippen LogP) is 1.04. The van der Waals surface area contributed by atoms with E-state index in [1.807, 2.05) is 6.92 Å². The van der Waals surface area contributed by atoms with Crippen molar-refractivity contribution in [3.8, 4) is 0 Å². The molecule has 0 bridgehead atoms. The number of nitrogens with one attached hydrogen (secondary N) is 1. The van der Waals surface area contributed by atoms with Crippen molar-refractivity contribution in [1.29, 1.82) is 0 Å². The number of amides is 2. The number of carbonyl (C=O) groups is 4. The Hall–Kier alpha value is -2.74. The maximum atomic E-state index is 13.3. The van der Waals surface area contributed by atoms with E-state index in [9.17, 15) is 19.2 Å². The molecular weight excluding hydrogens is 364 g/mol. The van der Waals surface area contributed by atoms with Crippen LogP contribution < -0.4 is 10.2 Å². The van der Waals surface area contributed by atoms with E-state index in [0.717, 1.165) is 32.0 Å². The quantitative estimate of drug-likeness (QED) is 0.441. The van der Waals surface area contributed by atoms with Crippen LogP contribution in [0.1, 0.15) is 26.2 Å². The van der Waals surface area contributed by atoms with Gasteiger partial charge in [-0.25, -0.2) is 14.5 Å². The summed E-state index contributed by atoms with van der Waals surface area (Å²) in [4.78, 5) is 53.1. The van der Waals surface area contributed by atoms with Gasteiger partial charge in [0, 0.05) is 6.04 Å². The Morgan fingerprint density at radius 2 is 1.68 bits per heavy atom. The summed E-state index contributed by atoms with van der Waals surface area (Å²) in [5.41, 5.74) is -1.63. The van der Waals surface area contributed by atoms with Gasteiger partial charge in [0.1, 0.15) is 0 Å². The Morgan fingerprint density at radius 3 is 2.21 bits per heavy atom. The Morgan fingerprint density at radius 1 is 1.07 bits per heavy atom. The fourth-order valence-corrected chi connectivity index (χ4v) is 4.31. The topological polar surface area (TPSA) is 102 Å². The van der Waals surface area contributed by atoms with Crippen molar-refractivity contribution in [2.45, 2.75) is 37.8 Å². The lowest BCUT2D eigenvalue weighted by Gasteiger charge is -2.29. The minimum atomic E-state index is -2.04. The fraction of sp³-hybridized carbons (Fsp3) is 0.500. The van der Waals surface area contributed by atoms with E-state index in [-0.39, 0.29) is 0 Å². The van der Waals surface area contributed by atoms with Crippen LogP contribution in [0.25, 0.3) is 0 Å². The smallest absolute Gasteiger partial charge is 0.338 e. The lowest BCUT2D eigenvalue weighted by atomic mass is 9.79. The number of rotatable bonds is 6. The van der Waals surface area contributed by atoms with E-state index < -0.39 is 47.2 Å². The minimum absolute atomic E-state index is 0.407. The number of unbranched alkanes of at least 4 members (excludes halogenated alkanes) is 1. The fourth-order valence-electron chi connectivity index (χ4n) is 4.31. The number of hydrogen-bond donors (Lipinski definition) is 1. The Balaban J connectivity index is 2.12. The van der Waals surface area contributed by atoms with Crippen LogP contribution in [0.2, 0.25) is 0 Å². The SMILES string of the molecule is CCCC[C@H]1NC(C(=O)OC)(C(=O)OC)[C@H]2C(=O)N(c3ccccc3)C(=O)[C@@H]12. The van der Waals surface area contributed by atoms with Crippen molar-refractivity contribution >= 4 is 29.4 Å². The molecule has 0 radical (unpaired) electrons. The molecule has 2 saturated heterocycles. The van der Waals surface area contributed by atoms with Crippen LogP contribution in [0.15, 0.2) is 30.3 Å². The summed E-state index contributed by atoms with van der Waals surface area (Å²) in [7, 11) is 2.28. The summed E-state index contributed by atoms with van der Waals surface area (Å²) in [6.45, 7) is 2.00. The highest BCUT2D eigenvalue weighted by Crippen LogP contribution is 2.46. The number of fused-ring (bicyclic) bond motifs is 1. The first kappa shape index (κ1) is 20.0. The average molecular weight is 388 g/mol. The number of benzene rings is 1. The molecule has 0 aromatic heterocycles. The molecule has 28 heavy (non-hydrogen) atoms. The molecule has 2 fully saturated rings. The van der Waals surface area contributed by atoms with E-state index in [1.165, 1.54) is 0 Å². The molecule has 1 aromatic rings. The number of hydrogen-bond acceptors (Lipinski definition) is 7. The summed E-state index contributed by atoms with van der Waals surface area (Å²) in [5.74, 6) is -4.96. The second kappa shape index (κ2) is 7.71. The lowest BCUT2D eigenvalue weighted by Crippen LogP contribution is -2.63. The predicted molar refractivity (Wildman–Crippen MR) is 99.1 cm³/mol. The van der Waals surface area contributed by atoms with Crippen molar-refractivity contribution in [2.75, 3.05) is 19.1 Å². The van der Waals surface area contributed by atoms with Crippen LogP contribution >= 0.6 is 0 Å². The third-order valence-corrected chi connectivity index (χ3v) is 5.56. The van der Waals surface area contributed by atoms with E-state index in [2.05, 4.69) is 5.32 Å². The molecule has 2 heterocycles. The molecule has 8 heteroatoms. The van der Waals surface area contributed by atoms with E-state index in [0.29, 0.717) is 12.1 Å². The van der Waals surface area contributed by atoms with Crippen LogP contribution in [0.4, 0.5) is 5.69 Å². The van der Waals surface area contributed by atoms with E-state index in [1.54, 1.807) is 30.3 Å². The van der Waals surface area contributed by atoms with Crippen molar-refractivity contribution in [2.24, 2.45) is 11.8 Å². The summed E-state index contributed by atoms with van der Waals surface area (Å²) in [6.07, 6.45) is 2.17. The zero-order valence-corrected chi connectivity index (χ0v) is 16.1. The number of ether oxygens (including phenoxy) is 2.